The molecule has 4 aromatic rings. The molecule has 0 radical (unpaired) electrons. The van der Waals surface area contributed by atoms with Gasteiger partial charge in [0.25, 0.3) is 5.91 Å². The van der Waals surface area contributed by atoms with Crippen LogP contribution in [0.1, 0.15) is 50.7 Å². The van der Waals surface area contributed by atoms with Gasteiger partial charge in [-0.15, -0.1) is 0 Å². The van der Waals surface area contributed by atoms with Crippen molar-refractivity contribution in [2.24, 2.45) is 0 Å². The van der Waals surface area contributed by atoms with Gasteiger partial charge < -0.3 is 14.6 Å². The summed E-state index contributed by atoms with van der Waals surface area (Å²) in [4.78, 5) is 30.0. The molecule has 32 heavy (non-hydrogen) atoms. The highest BCUT2D eigenvalue weighted by atomic mass is 16.5. The van der Waals surface area contributed by atoms with Crippen LogP contribution in [0.15, 0.2) is 72.8 Å². The molecule has 5 rings (SSSR count). The largest absolute Gasteiger partial charge is 0.454 e. The van der Waals surface area contributed by atoms with E-state index in [2.05, 4.69) is 21.8 Å². The van der Waals surface area contributed by atoms with E-state index in [-0.39, 0.29) is 18.0 Å². The van der Waals surface area contributed by atoms with Crippen LogP contribution in [0.3, 0.4) is 0 Å². The number of imidazole rings is 1. The summed E-state index contributed by atoms with van der Waals surface area (Å²) >= 11 is 0. The molecule has 3 aromatic carbocycles. The molecule has 0 aliphatic carbocycles. The van der Waals surface area contributed by atoms with Crippen molar-refractivity contribution in [3.05, 3.63) is 101 Å². The first-order valence-corrected chi connectivity index (χ1v) is 10.7. The van der Waals surface area contributed by atoms with Gasteiger partial charge in [0.15, 0.2) is 0 Å². The van der Waals surface area contributed by atoms with Crippen LogP contribution in [0.25, 0.3) is 11.0 Å². The summed E-state index contributed by atoms with van der Waals surface area (Å²) < 4.78 is 7.71. The molecule has 2 heterocycles. The number of aromatic nitrogens is 2. The zero-order valence-electron chi connectivity index (χ0n) is 17.7. The van der Waals surface area contributed by atoms with E-state index in [0.29, 0.717) is 24.1 Å². The average Bonchev–Trinajstić information content (AvgIpc) is 3.20. The predicted octanol–water partition coefficient (Wildman–Crippen LogP) is 4.44. The first kappa shape index (κ1) is 20.0. The fourth-order valence-corrected chi connectivity index (χ4v) is 4.27. The van der Waals surface area contributed by atoms with Gasteiger partial charge in [-0.2, -0.15) is 0 Å². The highest BCUT2D eigenvalue weighted by Crippen LogP contribution is 2.31. The second kappa shape index (κ2) is 8.30. The van der Waals surface area contributed by atoms with E-state index in [4.69, 9.17) is 4.74 Å². The van der Waals surface area contributed by atoms with Crippen LogP contribution in [-0.4, -0.2) is 21.4 Å². The number of hydrogen-bond acceptors (Lipinski definition) is 4. The summed E-state index contributed by atoms with van der Waals surface area (Å²) in [5.41, 5.74) is 4.77. The Balaban J connectivity index is 1.35. The number of benzene rings is 3. The van der Waals surface area contributed by atoms with Crippen molar-refractivity contribution < 1.29 is 14.3 Å². The molecule has 0 saturated heterocycles. The van der Waals surface area contributed by atoms with Crippen molar-refractivity contribution in [1.82, 2.24) is 14.9 Å². The van der Waals surface area contributed by atoms with E-state index in [1.807, 2.05) is 54.6 Å². The maximum absolute atomic E-state index is 12.9. The Morgan fingerprint density at radius 3 is 2.69 bits per heavy atom. The first-order chi connectivity index (χ1) is 15.6. The molecule has 1 aliphatic heterocycles. The molecule has 0 fully saturated rings. The number of cyclic esters (lactones) is 1. The second-order valence-corrected chi connectivity index (χ2v) is 7.82. The Morgan fingerprint density at radius 2 is 1.88 bits per heavy atom. The van der Waals surface area contributed by atoms with Crippen LogP contribution in [0, 0.1) is 0 Å². The number of carbonyl (C=O) groups is 2. The first-order valence-electron chi connectivity index (χ1n) is 10.7. The monoisotopic (exact) mass is 425 g/mol. The number of aryl methyl sites for hydroxylation is 1. The third-order valence-corrected chi connectivity index (χ3v) is 5.87. The Kier molecular flexibility index (Phi) is 5.19. The average molecular weight is 425 g/mol. The van der Waals surface area contributed by atoms with Gasteiger partial charge in [-0.25, -0.2) is 9.78 Å². The molecule has 1 aromatic heterocycles. The number of ether oxygens (including phenoxy) is 1. The van der Waals surface area contributed by atoms with Crippen LogP contribution in [0.2, 0.25) is 0 Å². The lowest BCUT2D eigenvalue weighted by molar-refractivity contribution is 0.0252. The smallest absolute Gasteiger partial charge is 0.339 e. The fourth-order valence-electron chi connectivity index (χ4n) is 4.27. The molecule has 0 spiro atoms. The molecule has 1 N–H and O–H groups in total. The molecule has 6 nitrogen and oxygen atoms in total. The van der Waals surface area contributed by atoms with Gasteiger partial charge >= 0.3 is 5.97 Å². The summed E-state index contributed by atoms with van der Waals surface area (Å²) in [5.74, 6) is 0.258. The summed E-state index contributed by atoms with van der Waals surface area (Å²) in [5, 5.41) is 2.97. The van der Waals surface area contributed by atoms with Crippen LogP contribution in [-0.2, 0) is 24.2 Å². The summed E-state index contributed by atoms with van der Waals surface area (Å²) in [6, 6.07) is 22.7. The molecular formula is C26H23N3O3. The van der Waals surface area contributed by atoms with Crippen molar-refractivity contribution in [1.29, 1.82) is 0 Å². The number of carbonyl (C=O) groups excluding carboxylic acids is 2. The summed E-state index contributed by atoms with van der Waals surface area (Å²) in [6.07, 6.45) is 0.191. The maximum atomic E-state index is 12.9. The molecule has 1 unspecified atom stereocenters. The molecule has 1 atom stereocenters. The minimum Gasteiger partial charge on any atom is -0.454 e. The molecule has 0 saturated carbocycles. The molecule has 1 amide bonds. The molecule has 160 valence electrons. The van der Waals surface area contributed by atoms with Crippen molar-refractivity contribution in [2.45, 2.75) is 32.5 Å². The Labute approximate surface area is 185 Å². The van der Waals surface area contributed by atoms with Gasteiger partial charge in [0.2, 0.25) is 0 Å². The Morgan fingerprint density at radius 1 is 1.09 bits per heavy atom. The van der Waals surface area contributed by atoms with Gasteiger partial charge in [-0.3, -0.25) is 4.79 Å². The fraction of sp³-hybridized carbons (Fsp3) is 0.192. The summed E-state index contributed by atoms with van der Waals surface area (Å²) in [6.45, 7) is 3.16. The maximum Gasteiger partial charge on any atom is 0.339 e. The van der Waals surface area contributed by atoms with Gasteiger partial charge in [-0.05, 0) is 48.4 Å². The SMILES string of the molecule is CCn1c(CNC(=O)c2ccc3c(c2)CC(c2ccccc2)OC3=O)nc2ccccc21. The lowest BCUT2D eigenvalue weighted by atomic mass is 9.93. The quantitative estimate of drug-likeness (QED) is 0.480. The molecular weight excluding hydrogens is 402 g/mol. The third-order valence-electron chi connectivity index (χ3n) is 5.87. The van der Waals surface area contributed by atoms with Crippen LogP contribution in [0.4, 0.5) is 0 Å². The number of nitrogens with one attached hydrogen (secondary N) is 1. The van der Waals surface area contributed by atoms with E-state index >= 15 is 0 Å². The van der Waals surface area contributed by atoms with Crippen molar-refractivity contribution in [2.75, 3.05) is 0 Å². The Hall–Kier alpha value is -3.93. The van der Waals surface area contributed by atoms with E-state index in [9.17, 15) is 9.59 Å². The number of hydrogen-bond donors (Lipinski definition) is 1. The summed E-state index contributed by atoms with van der Waals surface area (Å²) in [7, 11) is 0. The Bertz CT molecular complexity index is 1310. The second-order valence-electron chi connectivity index (χ2n) is 7.82. The van der Waals surface area contributed by atoms with Crippen molar-refractivity contribution in [3.8, 4) is 0 Å². The number of rotatable bonds is 5. The van der Waals surface area contributed by atoms with Crippen LogP contribution in [0.5, 0.6) is 0 Å². The lowest BCUT2D eigenvalue weighted by Gasteiger charge is -2.25. The number of esters is 1. The van der Waals surface area contributed by atoms with E-state index in [0.717, 1.165) is 34.5 Å². The minimum absolute atomic E-state index is 0.197. The highest BCUT2D eigenvalue weighted by Gasteiger charge is 2.28. The zero-order valence-corrected chi connectivity index (χ0v) is 17.7. The van der Waals surface area contributed by atoms with Crippen LogP contribution < -0.4 is 5.32 Å². The van der Waals surface area contributed by atoms with E-state index < -0.39 is 0 Å². The van der Waals surface area contributed by atoms with Crippen molar-refractivity contribution >= 4 is 22.9 Å². The number of fused-ring (bicyclic) bond motifs is 2. The van der Waals surface area contributed by atoms with Gasteiger partial charge in [0.05, 0.1) is 23.1 Å². The van der Waals surface area contributed by atoms with Gasteiger partial charge in [0.1, 0.15) is 11.9 Å². The zero-order chi connectivity index (χ0) is 22.1. The third kappa shape index (κ3) is 3.64. The van der Waals surface area contributed by atoms with E-state index in [1.165, 1.54) is 0 Å². The normalized spacial score (nSPS) is 15.3. The van der Waals surface area contributed by atoms with Gasteiger partial charge in [0, 0.05) is 18.5 Å². The standard InChI is InChI=1S/C26H23N3O3/c1-2-29-22-11-7-6-10-21(22)28-24(29)16-27-25(30)18-12-13-20-19(14-18)15-23(32-26(20)31)17-8-4-3-5-9-17/h3-14,23H,2,15-16H2,1H3,(H,27,30). The molecule has 0 bridgehead atoms. The van der Waals surface area contributed by atoms with Crippen molar-refractivity contribution in [3.63, 3.8) is 0 Å². The lowest BCUT2D eigenvalue weighted by Crippen LogP contribution is -2.26. The minimum atomic E-state index is -0.358. The molecule has 6 heteroatoms. The van der Waals surface area contributed by atoms with E-state index in [1.54, 1.807) is 18.2 Å². The number of para-hydroxylation sites is 2. The van der Waals surface area contributed by atoms with Crippen LogP contribution >= 0.6 is 0 Å². The number of nitrogens with zero attached hydrogens (tertiary/aromatic N) is 2. The van der Waals surface area contributed by atoms with Gasteiger partial charge in [-0.1, -0.05) is 42.5 Å². The molecule has 1 aliphatic rings. The predicted molar refractivity (Wildman–Crippen MR) is 121 cm³/mol. The number of amides is 1. The highest BCUT2D eigenvalue weighted by molar-refractivity contribution is 5.97. The topological polar surface area (TPSA) is 73.2 Å².